The van der Waals surface area contributed by atoms with Gasteiger partial charge in [0.25, 0.3) is 0 Å². The fourth-order valence-electron chi connectivity index (χ4n) is 1.96. The number of unbranched alkanes of at least 4 members (excludes halogenated alkanes) is 1. The Morgan fingerprint density at radius 1 is 1.05 bits per heavy atom. The highest BCUT2D eigenvalue weighted by Gasteiger charge is 2.12. The Labute approximate surface area is 121 Å². The number of amides is 2. The van der Waals surface area contributed by atoms with Crippen LogP contribution in [0.1, 0.15) is 32.3 Å². The first-order valence-corrected chi connectivity index (χ1v) is 7.15. The van der Waals surface area contributed by atoms with E-state index in [1.54, 1.807) is 0 Å². The Kier molecular flexibility index (Phi) is 7.40. The molecule has 2 amide bonds. The summed E-state index contributed by atoms with van der Waals surface area (Å²) < 4.78 is 0. The molecule has 1 rings (SSSR count). The van der Waals surface area contributed by atoms with Gasteiger partial charge in [0.1, 0.15) is 0 Å². The van der Waals surface area contributed by atoms with Crippen LogP contribution in [0.4, 0.5) is 0 Å². The van der Waals surface area contributed by atoms with Crippen molar-refractivity contribution in [2.24, 2.45) is 5.92 Å². The standard InChI is InChI=1S/C16H24N2O2/c1-13(12-15-8-4-3-5-9-15)16(20)18-11-7-6-10-17-14(2)19/h3-5,8-9,13H,6-7,10-12H2,1-2H3,(H,17,19)(H,18,20). The van der Waals surface area contributed by atoms with Gasteiger partial charge in [-0.05, 0) is 24.8 Å². The Morgan fingerprint density at radius 3 is 2.25 bits per heavy atom. The maximum atomic E-state index is 11.9. The number of carbonyl (C=O) groups excluding carboxylic acids is 2. The smallest absolute Gasteiger partial charge is 0.223 e. The third kappa shape index (κ3) is 6.92. The van der Waals surface area contributed by atoms with Gasteiger partial charge >= 0.3 is 0 Å². The molecule has 4 heteroatoms. The predicted octanol–water partition coefficient (Wildman–Crippen LogP) is 1.90. The maximum absolute atomic E-state index is 11.9. The molecular formula is C16H24N2O2. The van der Waals surface area contributed by atoms with Crippen LogP contribution in [0, 0.1) is 5.92 Å². The van der Waals surface area contributed by atoms with Crippen molar-refractivity contribution >= 4 is 11.8 Å². The summed E-state index contributed by atoms with van der Waals surface area (Å²) in [5, 5.41) is 5.68. The van der Waals surface area contributed by atoms with Gasteiger partial charge in [0.15, 0.2) is 0 Å². The van der Waals surface area contributed by atoms with E-state index in [2.05, 4.69) is 10.6 Å². The summed E-state index contributed by atoms with van der Waals surface area (Å²) in [5.41, 5.74) is 1.18. The Hall–Kier alpha value is -1.84. The predicted molar refractivity (Wildman–Crippen MR) is 80.2 cm³/mol. The molecule has 1 unspecified atom stereocenters. The zero-order chi connectivity index (χ0) is 14.8. The molecule has 2 N–H and O–H groups in total. The van der Waals surface area contributed by atoms with Crippen molar-refractivity contribution < 1.29 is 9.59 Å². The average molecular weight is 276 g/mol. The first kappa shape index (κ1) is 16.2. The van der Waals surface area contributed by atoms with Crippen molar-refractivity contribution in [2.45, 2.75) is 33.1 Å². The zero-order valence-electron chi connectivity index (χ0n) is 12.3. The second kappa shape index (κ2) is 9.13. The molecule has 1 aromatic carbocycles. The summed E-state index contributed by atoms with van der Waals surface area (Å²) in [6, 6.07) is 10.0. The van der Waals surface area contributed by atoms with Crippen LogP contribution in [0.2, 0.25) is 0 Å². The molecule has 1 atom stereocenters. The number of nitrogens with one attached hydrogen (secondary N) is 2. The topological polar surface area (TPSA) is 58.2 Å². The molecule has 20 heavy (non-hydrogen) atoms. The zero-order valence-corrected chi connectivity index (χ0v) is 12.3. The molecular weight excluding hydrogens is 252 g/mol. The largest absolute Gasteiger partial charge is 0.356 e. The Bertz CT molecular complexity index is 418. The highest BCUT2D eigenvalue weighted by atomic mass is 16.2. The van der Waals surface area contributed by atoms with Crippen molar-refractivity contribution in [2.75, 3.05) is 13.1 Å². The lowest BCUT2D eigenvalue weighted by atomic mass is 10.0. The molecule has 0 aliphatic rings. The van der Waals surface area contributed by atoms with E-state index in [-0.39, 0.29) is 17.7 Å². The van der Waals surface area contributed by atoms with Crippen LogP contribution in [-0.4, -0.2) is 24.9 Å². The van der Waals surface area contributed by atoms with Crippen molar-refractivity contribution in [3.05, 3.63) is 35.9 Å². The van der Waals surface area contributed by atoms with Gasteiger partial charge in [-0.2, -0.15) is 0 Å². The van der Waals surface area contributed by atoms with Crippen LogP contribution in [0.15, 0.2) is 30.3 Å². The van der Waals surface area contributed by atoms with Crippen LogP contribution in [0.3, 0.4) is 0 Å². The van der Waals surface area contributed by atoms with Gasteiger partial charge in [0, 0.05) is 25.9 Å². The van der Waals surface area contributed by atoms with Crippen molar-refractivity contribution in [3.63, 3.8) is 0 Å². The molecule has 0 aliphatic heterocycles. The molecule has 1 aromatic rings. The summed E-state index contributed by atoms with van der Waals surface area (Å²) in [5.74, 6) is 0.0617. The molecule has 0 radical (unpaired) electrons. The third-order valence-corrected chi connectivity index (χ3v) is 3.11. The van der Waals surface area contributed by atoms with Gasteiger partial charge in [0.2, 0.25) is 11.8 Å². The summed E-state index contributed by atoms with van der Waals surface area (Å²) in [6.07, 6.45) is 2.52. The van der Waals surface area contributed by atoms with E-state index in [1.807, 2.05) is 37.3 Å². The summed E-state index contributed by atoms with van der Waals surface area (Å²) >= 11 is 0. The lowest BCUT2D eigenvalue weighted by molar-refractivity contribution is -0.124. The minimum atomic E-state index is -0.0206. The molecule has 0 saturated heterocycles. The number of carbonyl (C=O) groups is 2. The minimum Gasteiger partial charge on any atom is -0.356 e. The summed E-state index contributed by atoms with van der Waals surface area (Å²) in [4.78, 5) is 22.6. The van der Waals surface area contributed by atoms with Gasteiger partial charge in [-0.3, -0.25) is 9.59 Å². The maximum Gasteiger partial charge on any atom is 0.223 e. The van der Waals surface area contributed by atoms with E-state index in [0.717, 1.165) is 19.3 Å². The highest BCUT2D eigenvalue weighted by Crippen LogP contribution is 2.08. The first-order valence-electron chi connectivity index (χ1n) is 7.15. The van der Waals surface area contributed by atoms with E-state index >= 15 is 0 Å². The molecule has 4 nitrogen and oxygen atoms in total. The molecule has 110 valence electrons. The normalized spacial score (nSPS) is 11.7. The van der Waals surface area contributed by atoms with Gasteiger partial charge < -0.3 is 10.6 Å². The van der Waals surface area contributed by atoms with E-state index in [9.17, 15) is 9.59 Å². The first-order chi connectivity index (χ1) is 9.59. The van der Waals surface area contributed by atoms with Crippen LogP contribution < -0.4 is 10.6 Å². The second-order valence-corrected chi connectivity index (χ2v) is 5.07. The molecule has 0 fully saturated rings. The highest BCUT2D eigenvalue weighted by molar-refractivity contribution is 5.78. The van der Waals surface area contributed by atoms with E-state index < -0.39 is 0 Å². The molecule has 0 aliphatic carbocycles. The fourth-order valence-corrected chi connectivity index (χ4v) is 1.96. The fraction of sp³-hybridized carbons (Fsp3) is 0.500. The van der Waals surface area contributed by atoms with Gasteiger partial charge in [-0.15, -0.1) is 0 Å². The molecule has 0 saturated carbocycles. The second-order valence-electron chi connectivity index (χ2n) is 5.07. The lowest BCUT2D eigenvalue weighted by Crippen LogP contribution is -2.31. The molecule has 0 bridgehead atoms. The third-order valence-electron chi connectivity index (χ3n) is 3.11. The number of benzene rings is 1. The average Bonchev–Trinajstić information content (AvgIpc) is 2.43. The minimum absolute atomic E-state index is 0.00878. The number of rotatable bonds is 8. The number of hydrogen-bond donors (Lipinski definition) is 2. The van der Waals surface area contributed by atoms with E-state index in [4.69, 9.17) is 0 Å². The molecule has 0 heterocycles. The van der Waals surface area contributed by atoms with E-state index in [1.165, 1.54) is 12.5 Å². The summed E-state index contributed by atoms with van der Waals surface area (Å²) in [7, 11) is 0. The van der Waals surface area contributed by atoms with Gasteiger partial charge in [-0.1, -0.05) is 37.3 Å². The Morgan fingerprint density at radius 2 is 1.65 bits per heavy atom. The van der Waals surface area contributed by atoms with E-state index in [0.29, 0.717) is 13.1 Å². The SMILES string of the molecule is CC(=O)NCCCCNC(=O)C(C)Cc1ccccc1. The van der Waals surface area contributed by atoms with Gasteiger partial charge in [0.05, 0.1) is 0 Å². The Balaban J connectivity index is 2.14. The van der Waals surface area contributed by atoms with Crippen LogP contribution in [0.5, 0.6) is 0 Å². The summed E-state index contributed by atoms with van der Waals surface area (Å²) in [6.45, 7) is 4.79. The molecule has 0 aromatic heterocycles. The van der Waals surface area contributed by atoms with Crippen molar-refractivity contribution in [1.82, 2.24) is 10.6 Å². The van der Waals surface area contributed by atoms with Crippen LogP contribution >= 0.6 is 0 Å². The van der Waals surface area contributed by atoms with Crippen molar-refractivity contribution in [3.8, 4) is 0 Å². The number of hydrogen-bond acceptors (Lipinski definition) is 2. The van der Waals surface area contributed by atoms with Gasteiger partial charge in [-0.25, -0.2) is 0 Å². The quantitative estimate of drug-likeness (QED) is 0.712. The monoisotopic (exact) mass is 276 g/mol. The van der Waals surface area contributed by atoms with Crippen LogP contribution in [0.25, 0.3) is 0 Å². The molecule has 0 spiro atoms. The van der Waals surface area contributed by atoms with Crippen molar-refractivity contribution in [1.29, 1.82) is 0 Å². The van der Waals surface area contributed by atoms with Crippen LogP contribution in [-0.2, 0) is 16.0 Å². The lowest BCUT2D eigenvalue weighted by Gasteiger charge is -2.12.